The molecule has 2 rings (SSSR count). The van der Waals surface area contributed by atoms with Crippen LogP contribution in [0.1, 0.15) is 76.0 Å². The molecule has 0 aliphatic carbocycles. The summed E-state index contributed by atoms with van der Waals surface area (Å²) in [4.78, 5) is 30.1. The molecule has 0 fully saturated rings. The lowest BCUT2D eigenvalue weighted by Gasteiger charge is -2.15. The molecule has 202 valence electrons. The molecule has 2 aromatic rings. The summed E-state index contributed by atoms with van der Waals surface area (Å²) in [6.45, 7) is 11.7. The van der Waals surface area contributed by atoms with Crippen LogP contribution in [0.4, 0.5) is 0 Å². The number of aryl methyl sites for hydroxylation is 1. The monoisotopic (exact) mass is 526 g/mol. The van der Waals surface area contributed by atoms with Crippen LogP contribution < -0.4 is 16.0 Å². The maximum absolute atomic E-state index is 12.4. The minimum absolute atomic E-state index is 0.102. The molecule has 0 radical (unpaired) electrons. The summed E-state index contributed by atoms with van der Waals surface area (Å²) in [6, 6.07) is 7.42. The van der Waals surface area contributed by atoms with Gasteiger partial charge >= 0.3 is 0 Å². The minimum atomic E-state index is -0.628. The highest BCUT2D eigenvalue weighted by Crippen LogP contribution is 2.27. The van der Waals surface area contributed by atoms with Gasteiger partial charge in [-0.15, -0.1) is 11.3 Å². The third-order valence-corrected chi connectivity index (χ3v) is 7.12. The van der Waals surface area contributed by atoms with Crippen LogP contribution in [0.25, 0.3) is 10.4 Å². The van der Waals surface area contributed by atoms with E-state index in [0.717, 1.165) is 59.5 Å². The van der Waals surface area contributed by atoms with Crippen molar-refractivity contribution in [2.24, 2.45) is 0 Å². The molecule has 1 aromatic carbocycles. The van der Waals surface area contributed by atoms with Gasteiger partial charge in [-0.2, -0.15) is 0 Å². The van der Waals surface area contributed by atoms with Gasteiger partial charge in [0.25, 0.3) is 0 Å². The van der Waals surface area contributed by atoms with Crippen LogP contribution in [-0.4, -0.2) is 34.5 Å². The molecule has 0 spiro atoms. The Morgan fingerprint density at radius 1 is 0.973 bits per heavy atom. The van der Waals surface area contributed by atoms with Gasteiger partial charge in [0.05, 0.1) is 28.4 Å². The van der Waals surface area contributed by atoms with Gasteiger partial charge < -0.3 is 21.1 Å². The lowest BCUT2D eigenvalue weighted by Crippen LogP contribution is -2.47. The molecular weight excluding hydrogens is 484 g/mol. The van der Waals surface area contributed by atoms with E-state index in [-0.39, 0.29) is 24.1 Å². The summed E-state index contributed by atoms with van der Waals surface area (Å²) >= 11 is 1.61. The third kappa shape index (κ3) is 12.1. The Balaban J connectivity index is 1.55. The van der Waals surface area contributed by atoms with Crippen molar-refractivity contribution in [3.05, 3.63) is 65.6 Å². The van der Waals surface area contributed by atoms with E-state index in [0.29, 0.717) is 13.0 Å². The molecule has 8 heteroatoms. The zero-order chi connectivity index (χ0) is 27.0. The number of nitrogens with zero attached hydrogens (tertiary/aromatic N) is 1. The number of benzene rings is 1. The van der Waals surface area contributed by atoms with Gasteiger partial charge in [-0.3, -0.25) is 9.59 Å². The van der Waals surface area contributed by atoms with Crippen LogP contribution in [0.5, 0.6) is 0 Å². The number of carbonyl (C=O) groups is 2. The number of carbonyl (C=O) groups excluding carboxylic acids is 2. The number of hydrogen-bond donors (Lipinski definition) is 4. The quantitative estimate of drug-likeness (QED) is 0.142. The Labute approximate surface area is 225 Å². The van der Waals surface area contributed by atoms with E-state index in [1.54, 1.807) is 18.3 Å². The molecule has 1 heterocycles. The SMILES string of the molecule is C=C(O)CCCCCCCCCC(=C)NCC(=O)N[C@@H](C)C(=O)NCc1ccc(-c2scnc2C)cc1. The molecule has 37 heavy (non-hydrogen) atoms. The van der Waals surface area contributed by atoms with Crippen molar-refractivity contribution < 1.29 is 14.7 Å². The van der Waals surface area contributed by atoms with Gasteiger partial charge in [-0.25, -0.2) is 4.98 Å². The van der Waals surface area contributed by atoms with Crippen molar-refractivity contribution in [1.82, 2.24) is 20.9 Å². The highest BCUT2D eigenvalue weighted by molar-refractivity contribution is 7.13. The fourth-order valence-corrected chi connectivity index (χ4v) is 4.71. The molecule has 0 bridgehead atoms. The van der Waals surface area contributed by atoms with Crippen molar-refractivity contribution in [1.29, 1.82) is 0 Å². The van der Waals surface area contributed by atoms with Crippen LogP contribution in [0.3, 0.4) is 0 Å². The molecule has 0 saturated carbocycles. The molecule has 2 amide bonds. The predicted molar refractivity (Wildman–Crippen MR) is 152 cm³/mol. The van der Waals surface area contributed by atoms with Crippen molar-refractivity contribution in [2.45, 2.75) is 84.2 Å². The summed E-state index contributed by atoms with van der Waals surface area (Å²) in [6.07, 6.45) is 9.36. The largest absolute Gasteiger partial charge is 0.513 e. The standard InChI is InChI=1S/C29H42N4O3S/c1-21(12-10-8-6-5-7-9-11-13-22(2)34)30-19-27(35)33-24(4)29(36)31-18-25-14-16-26(17-15-25)28-23(3)32-20-37-28/h14-17,20,24,30,34H,1-2,5-13,18-19H2,3-4H3,(H,31,36)(H,33,35)/t24-/m0/s1. The van der Waals surface area contributed by atoms with Gasteiger partial charge in [-0.1, -0.05) is 69.5 Å². The smallest absolute Gasteiger partial charge is 0.242 e. The van der Waals surface area contributed by atoms with E-state index in [1.807, 2.05) is 36.7 Å². The molecule has 4 N–H and O–H groups in total. The maximum Gasteiger partial charge on any atom is 0.242 e. The van der Waals surface area contributed by atoms with Crippen LogP contribution in [0, 0.1) is 6.92 Å². The first kappa shape index (κ1) is 30.1. The zero-order valence-electron chi connectivity index (χ0n) is 22.3. The fourth-order valence-electron chi connectivity index (χ4n) is 3.90. The van der Waals surface area contributed by atoms with Crippen LogP contribution in [0.15, 0.2) is 54.4 Å². The van der Waals surface area contributed by atoms with Gasteiger partial charge in [0.2, 0.25) is 11.8 Å². The first-order valence-electron chi connectivity index (χ1n) is 13.1. The Morgan fingerprint density at radius 3 is 2.19 bits per heavy atom. The highest BCUT2D eigenvalue weighted by atomic mass is 32.1. The second-order valence-corrected chi connectivity index (χ2v) is 10.3. The topological polar surface area (TPSA) is 103 Å². The molecule has 0 aliphatic rings. The number of allylic oxidation sites excluding steroid dienone is 2. The summed E-state index contributed by atoms with van der Waals surface area (Å²) in [5.41, 5.74) is 5.79. The number of hydrogen-bond acceptors (Lipinski definition) is 6. The minimum Gasteiger partial charge on any atom is -0.513 e. The average molecular weight is 527 g/mol. The van der Waals surface area contributed by atoms with Crippen molar-refractivity contribution in [2.75, 3.05) is 6.54 Å². The molecule has 0 aliphatic heterocycles. The summed E-state index contributed by atoms with van der Waals surface area (Å²) in [5.74, 6) is -0.188. The lowest BCUT2D eigenvalue weighted by atomic mass is 10.1. The highest BCUT2D eigenvalue weighted by Gasteiger charge is 2.15. The van der Waals surface area contributed by atoms with Crippen LogP contribution in [-0.2, 0) is 16.1 Å². The van der Waals surface area contributed by atoms with E-state index in [4.69, 9.17) is 5.11 Å². The third-order valence-electron chi connectivity index (χ3n) is 6.14. The number of aliphatic hydroxyl groups excluding tert-OH is 1. The van der Waals surface area contributed by atoms with Gasteiger partial charge in [0.1, 0.15) is 6.04 Å². The Morgan fingerprint density at radius 2 is 1.59 bits per heavy atom. The maximum atomic E-state index is 12.4. The van der Waals surface area contributed by atoms with E-state index in [1.165, 1.54) is 19.3 Å². The van der Waals surface area contributed by atoms with Gasteiger partial charge in [-0.05, 0) is 44.2 Å². The molecule has 0 unspecified atom stereocenters. The number of aromatic nitrogens is 1. The Hall–Kier alpha value is -3.13. The number of rotatable bonds is 18. The number of nitrogens with one attached hydrogen (secondary N) is 3. The van der Waals surface area contributed by atoms with Crippen molar-refractivity contribution in [3.8, 4) is 10.4 Å². The molecule has 7 nitrogen and oxygen atoms in total. The van der Waals surface area contributed by atoms with E-state index in [2.05, 4.69) is 34.1 Å². The molecule has 1 atom stereocenters. The van der Waals surface area contributed by atoms with E-state index >= 15 is 0 Å². The molecule has 0 saturated heterocycles. The van der Waals surface area contributed by atoms with Crippen molar-refractivity contribution in [3.63, 3.8) is 0 Å². The Bertz CT molecular complexity index is 1020. The van der Waals surface area contributed by atoms with E-state index < -0.39 is 6.04 Å². The molecular formula is C29H42N4O3S. The second kappa shape index (κ2) is 16.6. The summed E-state index contributed by atoms with van der Waals surface area (Å²) < 4.78 is 0. The Kier molecular flexibility index (Phi) is 13.5. The summed E-state index contributed by atoms with van der Waals surface area (Å²) in [7, 11) is 0. The fraction of sp³-hybridized carbons (Fsp3) is 0.483. The zero-order valence-corrected chi connectivity index (χ0v) is 23.1. The van der Waals surface area contributed by atoms with Crippen LogP contribution >= 0.6 is 11.3 Å². The predicted octanol–water partition coefficient (Wildman–Crippen LogP) is 5.93. The first-order valence-corrected chi connectivity index (χ1v) is 14.0. The average Bonchev–Trinajstić information content (AvgIpc) is 3.30. The lowest BCUT2D eigenvalue weighted by molar-refractivity contribution is -0.128. The second-order valence-electron chi connectivity index (χ2n) is 9.47. The van der Waals surface area contributed by atoms with E-state index in [9.17, 15) is 9.59 Å². The van der Waals surface area contributed by atoms with Gasteiger partial charge in [0, 0.05) is 18.7 Å². The van der Waals surface area contributed by atoms with Crippen molar-refractivity contribution >= 4 is 23.2 Å². The van der Waals surface area contributed by atoms with Gasteiger partial charge in [0.15, 0.2) is 0 Å². The van der Waals surface area contributed by atoms with Crippen LogP contribution in [0.2, 0.25) is 0 Å². The summed E-state index contributed by atoms with van der Waals surface area (Å²) in [5, 5.41) is 17.7. The molecule has 1 aromatic heterocycles. The first-order chi connectivity index (χ1) is 17.8. The normalized spacial score (nSPS) is 11.5. The number of aliphatic hydroxyl groups is 1. The number of unbranched alkanes of at least 4 members (excludes halogenated alkanes) is 6. The number of thiazole rings is 1. The number of amides is 2.